The monoisotopic (exact) mass is 332 g/mol. The lowest BCUT2D eigenvalue weighted by molar-refractivity contribution is -0.151. The third kappa shape index (κ3) is 17.1. The van der Waals surface area contributed by atoms with E-state index in [4.69, 9.17) is 18.9 Å². The Morgan fingerprint density at radius 1 is 0.696 bits per heavy atom. The molecule has 0 rings (SSSR count). The SMILES string of the molecule is CC(C)CCOCC(=O)OCCCOC(=O)COCCC(C)C. The second kappa shape index (κ2) is 14.5. The van der Waals surface area contributed by atoms with Crippen molar-refractivity contribution in [2.45, 2.75) is 47.0 Å². The van der Waals surface area contributed by atoms with Gasteiger partial charge in [-0.25, -0.2) is 9.59 Å². The quantitative estimate of drug-likeness (QED) is 0.360. The molecule has 0 N–H and O–H groups in total. The van der Waals surface area contributed by atoms with Crippen LogP contribution in [0.3, 0.4) is 0 Å². The van der Waals surface area contributed by atoms with Crippen LogP contribution >= 0.6 is 0 Å². The molecule has 0 aromatic heterocycles. The Morgan fingerprint density at radius 2 is 1.09 bits per heavy atom. The van der Waals surface area contributed by atoms with Crippen molar-refractivity contribution in [3.8, 4) is 0 Å². The van der Waals surface area contributed by atoms with Crippen LogP contribution in [-0.2, 0) is 28.5 Å². The van der Waals surface area contributed by atoms with Crippen LogP contribution in [0, 0.1) is 11.8 Å². The van der Waals surface area contributed by atoms with Gasteiger partial charge >= 0.3 is 11.9 Å². The van der Waals surface area contributed by atoms with Crippen LogP contribution in [0.1, 0.15) is 47.0 Å². The number of rotatable bonds is 14. The van der Waals surface area contributed by atoms with Crippen LogP contribution in [0.2, 0.25) is 0 Å². The molecule has 0 spiro atoms. The second-order valence-electron chi connectivity index (χ2n) is 6.26. The summed E-state index contributed by atoms with van der Waals surface area (Å²) in [6.07, 6.45) is 2.31. The first kappa shape index (κ1) is 21.9. The number of ether oxygens (including phenoxy) is 4. The van der Waals surface area contributed by atoms with Crippen molar-refractivity contribution in [3.05, 3.63) is 0 Å². The number of hydrogen-bond donors (Lipinski definition) is 0. The summed E-state index contributed by atoms with van der Waals surface area (Å²) in [6, 6.07) is 0. The van der Waals surface area contributed by atoms with E-state index in [1.807, 2.05) is 0 Å². The van der Waals surface area contributed by atoms with Gasteiger partial charge in [-0.15, -0.1) is 0 Å². The summed E-state index contributed by atoms with van der Waals surface area (Å²) in [7, 11) is 0. The average molecular weight is 332 g/mol. The molecular weight excluding hydrogens is 300 g/mol. The number of hydrogen-bond acceptors (Lipinski definition) is 6. The van der Waals surface area contributed by atoms with Gasteiger partial charge in [0.15, 0.2) is 0 Å². The van der Waals surface area contributed by atoms with Crippen molar-refractivity contribution in [1.29, 1.82) is 0 Å². The van der Waals surface area contributed by atoms with E-state index in [0.717, 1.165) is 12.8 Å². The third-order valence-electron chi connectivity index (χ3n) is 2.93. The highest BCUT2D eigenvalue weighted by Gasteiger charge is 2.06. The van der Waals surface area contributed by atoms with Crippen LogP contribution in [0.4, 0.5) is 0 Å². The molecule has 0 atom stereocenters. The lowest BCUT2D eigenvalue weighted by atomic mass is 10.1. The molecule has 0 amide bonds. The Hall–Kier alpha value is -1.14. The maximum atomic E-state index is 11.3. The van der Waals surface area contributed by atoms with Crippen molar-refractivity contribution in [3.63, 3.8) is 0 Å². The Kier molecular flexibility index (Phi) is 13.7. The molecule has 136 valence electrons. The van der Waals surface area contributed by atoms with Crippen molar-refractivity contribution >= 4 is 11.9 Å². The molecule has 23 heavy (non-hydrogen) atoms. The molecule has 0 radical (unpaired) electrons. The van der Waals surface area contributed by atoms with E-state index in [1.165, 1.54) is 0 Å². The minimum Gasteiger partial charge on any atom is -0.464 e. The fraction of sp³-hybridized carbons (Fsp3) is 0.882. The fourth-order valence-electron chi connectivity index (χ4n) is 1.46. The molecule has 6 nitrogen and oxygen atoms in total. The molecule has 0 saturated carbocycles. The van der Waals surface area contributed by atoms with E-state index in [9.17, 15) is 9.59 Å². The topological polar surface area (TPSA) is 71.1 Å². The Labute approximate surface area is 139 Å². The van der Waals surface area contributed by atoms with Gasteiger partial charge in [-0.3, -0.25) is 0 Å². The summed E-state index contributed by atoms with van der Waals surface area (Å²) >= 11 is 0. The zero-order valence-electron chi connectivity index (χ0n) is 15.0. The maximum Gasteiger partial charge on any atom is 0.332 e. The second-order valence-corrected chi connectivity index (χ2v) is 6.26. The Bertz CT molecular complexity index is 284. The first-order valence-electron chi connectivity index (χ1n) is 8.38. The zero-order valence-corrected chi connectivity index (χ0v) is 15.0. The number of carbonyl (C=O) groups is 2. The first-order valence-corrected chi connectivity index (χ1v) is 8.38. The average Bonchev–Trinajstić information content (AvgIpc) is 2.47. The normalized spacial score (nSPS) is 11.0. The fourth-order valence-corrected chi connectivity index (χ4v) is 1.46. The third-order valence-corrected chi connectivity index (χ3v) is 2.93. The van der Waals surface area contributed by atoms with Crippen LogP contribution in [0.5, 0.6) is 0 Å². The number of esters is 2. The first-order chi connectivity index (χ1) is 10.9. The van der Waals surface area contributed by atoms with Gasteiger partial charge in [-0.2, -0.15) is 0 Å². The Morgan fingerprint density at radius 3 is 1.43 bits per heavy atom. The Balaban J connectivity index is 3.37. The molecule has 0 unspecified atom stereocenters. The van der Waals surface area contributed by atoms with Gasteiger partial charge in [0.2, 0.25) is 0 Å². The van der Waals surface area contributed by atoms with Gasteiger partial charge in [-0.05, 0) is 24.7 Å². The van der Waals surface area contributed by atoms with Gasteiger partial charge in [0, 0.05) is 19.6 Å². The summed E-state index contributed by atoms with van der Waals surface area (Å²) in [4.78, 5) is 22.7. The van der Waals surface area contributed by atoms with Crippen LogP contribution in [0.25, 0.3) is 0 Å². The van der Waals surface area contributed by atoms with E-state index in [0.29, 0.717) is 31.5 Å². The van der Waals surface area contributed by atoms with Crippen LogP contribution in [-0.4, -0.2) is 51.6 Å². The maximum absolute atomic E-state index is 11.3. The minimum atomic E-state index is -0.392. The smallest absolute Gasteiger partial charge is 0.332 e. The van der Waals surface area contributed by atoms with E-state index in [-0.39, 0.29) is 26.4 Å². The highest BCUT2D eigenvalue weighted by atomic mass is 16.6. The lowest BCUT2D eigenvalue weighted by Crippen LogP contribution is -2.17. The largest absolute Gasteiger partial charge is 0.464 e. The van der Waals surface area contributed by atoms with Gasteiger partial charge < -0.3 is 18.9 Å². The highest BCUT2D eigenvalue weighted by Crippen LogP contribution is 2.00. The van der Waals surface area contributed by atoms with E-state index in [1.54, 1.807) is 0 Å². The summed E-state index contributed by atoms with van der Waals surface area (Å²) in [5.74, 6) is 0.319. The van der Waals surface area contributed by atoms with E-state index >= 15 is 0 Å². The lowest BCUT2D eigenvalue weighted by Gasteiger charge is -2.08. The summed E-state index contributed by atoms with van der Waals surface area (Å²) in [5, 5.41) is 0. The summed E-state index contributed by atoms with van der Waals surface area (Å²) < 4.78 is 20.3. The van der Waals surface area contributed by atoms with Crippen molar-refractivity contribution in [1.82, 2.24) is 0 Å². The zero-order chi connectivity index (χ0) is 17.5. The van der Waals surface area contributed by atoms with E-state index in [2.05, 4.69) is 27.7 Å². The molecule has 0 aromatic carbocycles. The molecular formula is C17H32O6. The molecule has 6 heteroatoms. The van der Waals surface area contributed by atoms with Gasteiger partial charge in [0.1, 0.15) is 13.2 Å². The van der Waals surface area contributed by atoms with Gasteiger partial charge in [-0.1, -0.05) is 27.7 Å². The predicted molar refractivity (Wildman–Crippen MR) is 87.1 cm³/mol. The summed E-state index contributed by atoms with van der Waals surface area (Å²) in [5.41, 5.74) is 0. The molecule has 0 aliphatic heterocycles. The van der Waals surface area contributed by atoms with Gasteiger partial charge in [0.25, 0.3) is 0 Å². The predicted octanol–water partition coefficient (Wildman–Crippen LogP) is 2.59. The number of carbonyl (C=O) groups excluding carboxylic acids is 2. The molecule has 0 aliphatic rings. The minimum absolute atomic E-state index is 0.0315. The van der Waals surface area contributed by atoms with E-state index < -0.39 is 11.9 Å². The molecule has 0 heterocycles. The molecule has 0 fully saturated rings. The van der Waals surface area contributed by atoms with Crippen LogP contribution < -0.4 is 0 Å². The highest BCUT2D eigenvalue weighted by molar-refractivity contribution is 5.71. The molecule has 0 aliphatic carbocycles. The van der Waals surface area contributed by atoms with Crippen molar-refractivity contribution in [2.75, 3.05) is 39.6 Å². The van der Waals surface area contributed by atoms with Crippen molar-refractivity contribution in [2.24, 2.45) is 11.8 Å². The van der Waals surface area contributed by atoms with Gasteiger partial charge in [0.05, 0.1) is 13.2 Å². The molecule has 0 saturated heterocycles. The molecule has 0 aromatic rings. The standard InChI is InChI=1S/C17H32O6/c1-14(2)6-10-20-12-16(18)22-8-5-9-23-17(19)13-21-11-7-15(3)4/h14-15H,5-13H2,1-4H3. The molecule has 0 bridgehead atoms. The van der Waals surface area contributed by atoms with Crippen LogP contribution in [0.15, 0.2) is 0 Å². The summed E-state index contributed by atoms with van der Waals surface area (Å²) in [6.45, 7) is 9.86. The van der Waals surface area contributed by atoms with Crippen molar-refractivity contribution < 1.29 is 28.5 Å².